The van der Waals surface area contributed by atoms with E-state index in [-0.39, 0.29) is 0 Å². The van der Waals surface area contributed by atoms with Crippen molar-refractivity contribution in [1.82, 2.24) is 0 Å². The molecule has 0 saturated carbocycles. The summed E-state index contributed by atoms with van der Waals surface area (Å²) in [5, 5.41) is 9.58. The predicted octanol–water partition coefficient (Wildman–Crippen LogP) is 6.06. The van der Waals surface area contributed by atoms with E-state index >= 15 is 0 Å². The van der Waals surface area contributed by atoms with Crippen molar-refractivity contribution in [2.45, 2.75) is 47.0 Å². The molecule has 0 unspecified atom stereocenters. The minimum absolute atomic E-state index is 0.331. The maximum Gasteiger partial charge on any atom is 0.143 e. The van der Waals surface area contributed by atoms with Crippen LogP contribution in [0.15, 0.2) is 40.9 Å². The van der Waals surface area contributed by atoms with Crippen LogP contribution in [0.4, 0.5) is 0 Å². The quantitative estimate of drug-likeness (QED) is 0.528. The number of benzene rings is 1. The van der Waals surface area contributed by atoms with E-state index in [0.717, 1.165) is 34.3 Å². The lowest BCUT2D eigenvalue weighted by atomic mass is 9.97. The maximum atomic E-state index is 8.47. The van der Waals surface area contributed by atoms with Crippen molar-refractivity contribution in [3.8, 4) is 0 Å². The van der Waals surface area contributed by atoms with Crippen LogP contribution in [0, 0.1) is 19.3 Å². The molecule has 0 saturated heterocycles. The van der Waals surface area contributed by atoms with Gasteiger partial charge in [0.2, 0.25) is 0 Å². The van der Waals surface area contributed by atoms with Gasteiger partial charge in [0, 0.05) is 16.9 Å². The van der Waals surface area contributed by atoms with Gasteiger partial charge < -0.3 is 4.42 Å². The largest absolute Gasteiger partial charge is 0.460 e. The van der Waals surface area contributed by atoms with Crippen molar-refractivity contribution < 1.29 is 4.42 Å². The van der Waals surface area contributed by atoms with Crippen LogP contribution < -0.4 is 0 Å². The van der Waals surface area contributed by atoms with Gasteiger partial charge in [0.1, 0.15) is 11.3 Å². The van der Waals surface area contributed by atoms with Crippen LogP contribution >= 0.6 is 0 Å². The number of hydrogen-bond donors (Lipinski definition) is 1. The highest BCUT2D eigenvalue weighted by atomic mass is 16.3. The average Bonchev–Trinajstić information content (AvgIpc) is 2.80. The third kappa shape index (κ3) is 2.92. The molecule has 0 bridgehead atoms. The van der Waals surface area contributed by atoms with Crippen LogP contribution in [0.5, 0.6) is 0 Å². The van der Waals surface area contributed by atoms with Crippen LogP contribution in [0.2, 0.25) is 0 Å². The molecule has 0 spiro atoms. The van der Waals surface area contributed by atoms with Crippen LogP contribution in [-0.2, 0) is 0 Å². The fourth-order valence-electron chi connectivity index (χ4n) is 2.73. The van der Waals surface area contributed by atoms with Crippen LogP contribution in [-0.4, -0.2) is 5.71 Å². The second kappa shape index (κ2) is 6.35. The zero-order valence-corrected chi connectivity index (χ0v) is 14.2. The summed E-state index contributed by atoms with van der Waals surface area (Å²) in [6.07, 6.45) is 4.87. The van der Waals surface area contributed by atoms with Gasteiger partial charge in [-0.2, -0.15) is 0 Å². The highest BCUT2D eigenvalue weighted by molar-refractivity contribution is 6.18. The van der Waals surface area contributed by atoms with E-state index in [1.807, 2.05) is 18.2 Å². The summed E-state index contributed by atoms with van der Waals surface area (Å²) >= 11 is 0. The van der Waals surface area contributed by atoms with Crippen molar-refractivity contribution in [1.29, 1.82) is 5.41 Å². The van der Waals surface area contributed by atoms with Gasteiger partial charge in [0.15, 0.2) is 0 Å². The highest BCUT2D eigenvalue weighted by Gasteiger charge is 2.19. The summed E-state index contributed by atoms with van der Waals surface area (Å²) in [6.45, 7) is 14.5. The molecule has 0 radical (unpaired) electrons. The number of furan rings is 1. The first-order chi connectivity index (χ1) is 10.4. The molecule has 2 nitrogen and oxygen atoms in total. The molecule has 0 amide bonds. The number of hydrogen-bond acceptors (Lipinski definition) is 2. The summed E-state index contributed by atoms with van der Waals surface area (Å²) in [6, 6.07) is 4.16. The summed E-state index contributed by atoms with van der Waals surface area (Å²) in [7, 11) is 0. The second-order valence-electron chi connectivity index (χ2n) is 6.15. The molecule has 2 aromatic rings. The molecule has 2 rings (SSSR count). The Labute approximate surface area is 133 Å². The standard InChI is InChI=1S/C20H25NO/c1-7-8-9-14(5)18(21)17-11-13(4)10-16-15(6)19(12(2)3)22-20(16)17/h8-12,21H,5,7H2,1-4,6H3/b9-8-,21-18?. The van der Waals surface area contributed by atoms with E-state index in [4.69, 9.17) is 9.83 Å². The molecule has 1 aromatic heterocycles. The third-order valence-electron chi connectivity index (χ3n) is 3.89. The zero-order valence-electron chi connectivity index (χ0n) is 14.2. The number of rotatable bonds is 5. The SMILES string of the molecule is C=C(/C=C\CC)C(=N)c1cc(C)cc2c(C)c(C(C)C)oc12. The molecule has 22 heavy (non-hydrogen) atoms. The van der Waals surface area contributed by atoms with Gasteiger partial charge in [-0.05, 0) is 49.1 Å². The molecular weight excluding hydrogens is 270 g/mol. The van der Waals surface area contributed by atoms with Crippen molar-refractivity contribution in [3.05, 3.63) is 58.9 Å². The normalized spacial score (nSPS) is 11.7. The molecular formula is C20H25NO. The molecule has 0 atom stereocenters. The molecule has 2 heteroatoms. The van der Waals surface area contributed by atoms with Gasteiger partial charge in [0.05, 0.1) is 5.71 Å². The number of nitrogens with one attached hydrogen (secondary N) is 1. The lowest BCUT2D eigenvalue weighted by molar-refractivity contribution is 0.517. The molecule has 116 valence electrons. The zero-order chi connectivity index (χ0) is 16.4. The number of fused-ring (bicyclic) bond motifs is 1. The predicted molar refractivity (Wildman–Crippen MR) is 95.2 cm³/mol. The highest BCUT2D eigenvalue weighted by Crippen LogP contribution is 2.34. The minimum atomic E-state index is 0.331. The molecule has 0 aliphatic carbocycles. The van der Waals surface area contributed by atoms with Crippen LogP contribution in [0.25, 0.3) is 11.0 Å². The van der Waals surface area contributed by atoms with Crippen molar-refractivity contribution in [2.24, 2.45) is 0 Å². The van der Waals surface area contributed by atoms with Gasteiger partial charge >= 0.3 is 0 Å². The Hall–Kier alpha value is -2.09. The van der Waals surface area contributed by atoms with Gasteiger partial charge in [-0.3, -0.25) is 5.41 Å². The van der Waals surface area contributed by atoms with E-state index in [9.17, 15) is 0 Å². The molecule has 1 N–H and O–H groups in total. The first kappa shape index (κ1) is 16.3. The topological polar surface area (TPSA) is 37.0 Å². The van der Waals surface area contributed by atoms with Crippen LogP contribution in [0.1, 0.15) is 55.6 Å². The fourth-order valence-corrected chi connectivity index (χ4v) is 2.73. The minimum Gasteiger partial charge on any atom is -0.460 e. The summed E-state index contributed by atoms with van der Waals surface area (Å²) in [5.74, 6) is 1.34. The molecule has 1 heterocycles. The maximum absolute atomic E-state index is 8.47. The van der Waals surface area contributed by atoms with E-state index in [2.05, 4.69) is 47.3 Å². The van der Waals surface area contributed by atoms with E-state index in [1.54, 1.807) is 0 Å². The fraction of sp³-hybridized carbons (Fsp3) is 0.350. The van der Waals surface area contributed by atoms with Crippen molar-refractivity contribution >= 4 is 16.7 Å². The Bertz CT molecular complexity index is 760. The van der Waals surface area contributed by atoms with Crippen molar-refractivity contribution in [2.75, 3.05) is 0 Å². The molecule has 0 aliphatic rings. The molecule has 1 aromatic carbocycles. The Kier molecular flexibility index (Phi) is 4.70. The second-order valence-corrected chi connectivity index (χ2v) is 6.15. The van der Waals surface area contributed by atoms with E-state index in [0.29, 0.717) is 17.2 Å². The summed E-state index contributed by atoms with van der Waals surface area (Å²) in [4.78, 5) is 0. The molecule has 0 fully saturated rings. The van der Waals surface area contributed by atoms with Crippen molar-refractivity contribution in [3.63, 3.8) is 0 Å². The number of aryl methyl sites for hydroxylation is 2. The lowest BCUT2D eigenvalue weighted by Crippen LogP contribution is -2.01. The summed E-state index contributed by atoms with van der Waals surface area (Å²) in [5.41, 5.74) is 5.10. The first-order valence-electron chi connectivity index (χ1n) is 7.85. The third-order valence-corrected chi connectivity index (χ3v) is 3.89. The monoisotopic (exact) mass is 295 g/mol. The molecule has 0 aliphatic heterocycles. The first-order valence-corrected chi connectivity index (χ1v) is 7.85. The van der Waals surface area contributed by atoms with E-state index < -0.39 is 0 Å². The van der Waals surface area contributed by atoms with Gasteiger partial charge in [-0.25, -0.2) is 0 Å². The summed E-state index contributed by atoms with van der Waals surface area (Å²) < 4.78 is 6.12. The van der Waals surface area contributed by atoms with Gasteiger partial charge in [0.25, 0.3) is 0 Å². The smallest absolute Gasteiger partial charge is 0.143 e. The Morgan fingerprint density at radius 1 is 1.32 bits per heavy atom. The Morgan fingerprint density at radius 2 is 2.00 bits per heavy atom. The average molecular weight is 295 g/mol. The number of allylic oxidation sites excluding steroid dienone is 3. The lowest BCUT2D eigenvalue weighted by Gasteiger charge is -2.07. The Balaban J connectivity index is 2.63. The van der Waals surface area contributed by atoms with Crippen LogP contribution in [0.3, 0.4) is 0 Å². The van der Waals surface area contributed by atoms with Gasteiger partial charge in [-0.1, -0.05) is 39.5 Å². The van der Waals surface area contributed by atoms with E-state index in [1.165, 1.54) is 5.56 Å². The van der Waals surface area contributed by atoms with Gasteiger partial charge in [-0.15, -0.1) is 0 Å². The Morgan fingerprint density at radius 3 is 2.59 bits per heavy atom.